The van der Waals surface area contributed by atoms with Crippen molar-refractivity contribution in [2.75, 3.05) is 33.7 Å². The van der Waals surface area contributed by atoms with Crippen molar-refractivity contribution in [1.82, 2.24) is 14.1 Å². The Kier molecular flexibility index (Phi) is 4.00. The number of hydrogen-bond acceptors (Lipinski definition) is 4. The molecule has 0 unspecified atom stereocenters. The lowest BCUT2D eigenvalue weighted by molar-refractivity contribution is -0.137. The second-order valence-electron chi connectivity index (χ2n) is 6.71. The Morgan fingerprint density at radius 3 is 2.48 bits per heavy atom. The summed E-state index contributed by atoms with van der Waals surface area (Å²) in [6.45, 7) is 2.11. The average Bonchev–Trinajstić information content (AvgIpc) is 3.18. The van der Waals surface area contributed by atoms with Gasteiger partial charge in [-0.25, -0.2) is 8.42 Å². The Morgan fingerprint density at radius 1 is 1.14 bits per heavy atom. The van der Waals surface area contributed by atoms with E-state index < -0.39 is 10.0 Å². The van der Waals surface area contributed by atoms with Gasteiger partial charge in [0.05, 0.1) is 5.25 Å². The predicted octanol–water partition coefficient (Wildman–Crippen LogP) is 0.106. The van der Waals surface area contributed by atoms with Crippen LogP contribution in [0.2, 0.25) is 0 Å². The van der Waals surface area contributed by atoms with Crippen molar-refractivity contribution in [2.45, 2.75) is 49.4 Å². The van der Waals surface area contributed by atoms with Crippen LogP contribution in [0, 0.1) is 0 Å². The van der Waals surface area contributed by atoms with Crippen LogP contribution in [0.4, 0.5) is 0 Å². The minimum Gasteiger partial charge on any atom is -0.337 e. The average molecular weight is 315 g/mol. The number of likely N-dealkylation sites (N-methyl/N-ethyl adjacent to an activating group) is 1. The predicted molar refractivity (Wildman–Crippen MR) is 80.3 cm³/mol. The molecule has 0 aromatic rings. The van der Waals surface area contributed by atoms with E-state index in [1.165, 1.54) is 0 Å². The molecule has 2 aliphatic heterocycles. The molecule has 2 heterocycles. The fourth-order valence-electron chi connectivity index (χ4n) is 3.58. The van der Waals surface area contributed by atoms with Crippen LogP contribution < -0.4 is 0 Å². The highest BCUT2D eigenvalue weighted by molar-refractivity contribution is 7.90. The van der Waals surface area contributed by atoms with E-state index in [9.17, 15) is 13.2 Å². The third-order valence-electron chi connectivity index (χ3n) is 4.89. The zero-order chi connectivity index (χ0) is 15.2. The van der Waals surface area contributed by atoms with Crippen molar-refractivity contribution in [2.24, 2.45) is 0 Å². The number of carbonyl (C=O) groups is 1. The molecule has 0 aromatic heterocycles. The van der Waals surface area contributed by atoms with Crippen LogP contribution in [0.1, 0.15) is 32.1 Å². The van der Waals surface area contributed by atoms with E-state index in [1.54, 1.807) is 4.31 Å². The van der Waals surface area contributed by atoms with E-state index in [2.05, 4.69) is 4.90 Å². The number of sulfonamides is 1. The summed E-state index contributed by atoms with van der Waals surface area (Å²) in [6, 6.07) is 0.0928. The Hall–Kier alpha value is -0.660. The Labute approximate surface area is 127 Å². The van der Waals surface area contributed by atoms with E-state index in [4.69, 9.17) is 0 Å². The Bertz CT molecular complexity index is 516. The van der Waals surface area contributed by atoms with Crippen molar-refractivity contribution < 1.29 is 13.2 Å². The quantitative estimate of drug-likeness (QED) is 0.722. The lowest BCUT2D eigenvalue weighted by atomic mass is 9.97. The van der Waals surface area contributed by atoms with Crippen LogP contribution >= 0.6 is 0 Å². The van der Waals surface area contributed by atoms with Gasteiger partial charge in [0.15, 0.2) is 0 Å². The lowest BCUT2D eigenvalue weighted by Gasteiger charge is -2.39. The van der Waals surface area contributed by atoms with E-state index in [-0.39, 0.29) is 23.2 Å². The molecule has 0 N–H and O–H groups in total. The maximum absolute atomic E-state index is 12.5. The third kappa shape index (κ3) is 2.83. The minimum atomic E-state index is -3.12. The van der Waals surface area contributed by atoms with Gasteiger partial charge in [0.2, 0.25) is 15.9 Å². The number of piperidine rings is 1. The van der Waals surface area contributed by atoms with Crippen LogP contribution in [0.3, 0.4) is 0 Å². The molecule has 6 nitrogen and oxygen atoms in total. The first-order valence-corrected chi connectivity index (χ1v) is 9.36. The molecular formula is C14H25N3O3S. The van der Waals surface area contributed by atoms with E-state index in [0.29, 0.717) is 25.9 Å². The van der Waals surface area contributed by atoms with Gasteiger partial charge >= 0.3 is 0 Å². The molecule has 0 radical (unpaired) electrons. The van der Waals surface area contributed by atoms with Crippen molar-refractivity contribution in [3.05, 3.63) is 0 Å². The minimum absolute atomic E-state index is 0.00969. The SMILES string of the molecule is CN(C)CCN1C(=O)CC[C@@H]2[C@H]1CCN2S(=O)(=O)C1CC1. The number of amides is 1. The van der Waals surface area contributed by atoms with E-state index >= 15 is 0 Å². The molecule has 1 saturated carbocycles. The van der Waals surface area contributed by atoms with Gasteiger partial charge in [0.25, 0.3) is 0 Å². The summed E-state index contributed by atoms with van der Waals surface area (Å²) in [5.41, 5.74) is 0. The van der Waals surface area contributed by atoms with Crippen LogP contribution in [-0.4, -0.2) is 79.5 Å². The Balaban J connectivity index is 1.74. The van der Waals surface area contributed by atoms with Crippen LogP contribution in [0.5, 0.6) is 0 Å². The van der Waals surface area contributed by atoms with Gasteiger partial charge in [0, 0.05) is 38.1 Å². The third-order valence-corrected chi connectivity index (χ3v) is 7.32. The van der Waals surface area contributed by atoms with Gasteiger partial charge in [-0.15, -0.1) is 0 Å². The zero-order valence-corrected chi connectivity index (χ0v) is 13.7. The topological polar surface area (TPSA) is 60.9 Å². The van der Waals surface area contributed by atoms with Gasteiger partial charge in [0.1, 0.15) is 0 Å². The highest BCUT2D eigenvalue weighted by atomic mass is 32.2. The number of hydrogen-bond donors (Lipinski definition) is 0. The molecule has 2 atom stereocenters. The summed E-state index contributed by atoms with van der Waals surface area (Å²) < 4.78 is 26.7. The number of fused-ring (bicyclic) bond motifs is 1. The maximum atomic E-state index is 12.5. The summed E-state index contributed by atoms with van der Waals surface area (Å²) in [6.07, 6.45) is 3.56. The highest BCUT2D eigenvalue weighted by Gasteiger charge is 2.50. The molecule has 2 saturated heterocycles. The molecule has 0 bridgehead atoms. The summed E-state index contributed by atoms with van der Waals surface area (Å²) in [4.78, 5) is 16.2. The highest BCUT2D eigenvalue weighted by Crippen LogP contribution is 2.39. The van der Waals surface area contributed by atoms with Gasteiger partial charge < -0.3 is 9.80 Å². The summed E-state index contributed by atoms with van der Waals surface area (Å²) in [7, 11) is 0.858. The summed E-state index contributed by atoms with van der Waals surface area (Å²) in [5, 5.41) is -0.149. The normalized spacial score (nSPS) is 31.0. The first-order chi connectivity index (χ1) is 9.91. The van der Waals surface area contributed by atoms with Crippen molar-refractivity contribution in [1.29, 1.82) is 0 Å². The fraction of sp³-hybridized carbons (Fsp3) is 0.929. The standard InChI is InChI=1S/C14H25N3O3S/c1-15(2)9-10-16-12-7-8-17(13(12)5-6-14(16)18)21(19,20)11-3-4-11/h11-13H,3-10H2,1-2H3/t12-,13-/m1/s1. The molecule has 1 amide bonds. The van der Waals surface area contributed by atoms with Gasteiger partial charge in [-0.3, -0.25) is 4.79 Å². The van der Waals surface area contributed by atoms with Crippen molar-refractivity contribution in [3.8, 4) is 0 Å². The largest absolute Gasteiger partial charge is 0.337 e. The van der Waals surface area contributed by atoms with E-state index in [0.717, 1.165) is 25.8 Å². The summed E-state index contributed by atoms with van der Waals surface area (Å²) in [5.74, 6) is 0.184. The van der Waals surface area contributed by atoms with Gasteiger partial charge in [-0.05, 0) is 39.8 Å². The van der Waals surface area contributed by atoms with Crippen LogP contribution in [0.15, 0.2) is 0 Å². The number of carbonyl (C=O) groups excluding carboxylic acids is 1. The lowest BCUT2D eigenvalue weighted by Crippen LogP contribution is -2.54. The molecular weight excluding hydrogens is 290 g/mol. The Morgan fingerprint density at radius 2 is 1.86 bits per heavy atom. The molecule has 7 heteroatoms. The van der Waals surface area contributed by atoms with E-state index in [1.807, 2.05) is 19.0 Å². The maximum Gasteiger partial charge on any atom is 0.222 e. The molecule has 1 aliphatic carbocycles. The van der Waals surface area contributed by atoms with Crippen molar-refractivity contribution in [3.63, 3.8) is 0 Å². The van der Waals surface area contributed by atoms with Crippen molar-refractivity contribution >= 4 is 15.9 Å². The molecule has 0 aromatic carbocycles. The smallest absolute Gasteiger partial charge is 0.222 e. The second kappa shape index (κ2) is 5.52. The molecule has 21 heavy (non-hydrogen) atoms. The molecule has 120 valence electrons. The number of nitrogens with zero attached hydrogens (tertiary/aromatic N) is 3. The van der Waals surface area contributed by atoms with Gasteiger partial charge in [-0.2, -0.15) is 4.31 Å². The molecule has 3 rings (SSSR count). The summed E-state index contributed by atoms with van der Waals surface area (Å²) >= 11 is 0. The first-order valence-electron chi connectivity index (χ1n) is 7.86. The zero-order valence-electron chi connectivity index (χ0n) is 12.9. The van der Waals surface area contributed by atoms with Crippen LogP contribution in [-0.2, 0) is 14.8 Å². The molecule has 0 spiro atoms. The van der Waals surface area contributed by atoms with Crippen LogP contribution in [0.25, 0.3) is 0 Å². The fourth-order valence-corrected chi connectivity index (χ4v) is 5.68. The second-order valence-corrected chi connectivity index (χ2v) is 8.87. The first kappa shape index (κ1) is 15.2. The molecule has 3 aliphatic rings. The number of rotatable bonds is 5. The monoisotopic (exact) mass is 315 g/mol. The van der Waals surface area contributed by atoms with Gasteiger partial charge in [-0.1, -0.05) is 0 Å². The number of likely N-dealkylation sites (tertiary alicyclic amines) is 1. The molecule has 3 fully saturated rings.